The van der Waals surface area contributed by atoms with Crippen molar-refractivity contribution in [3.8, 4) is 11.1 Å². The van der Waals surface area contributed by atoms with Crippen molar-refractivity contribution in [2.45, 2.75) is 52.4 Å². The average Bonchev–Trinajstić information content (AvgIpc) is 3.17. The number of hydrogen-bond acceptors (Lipinski definition) is 4. The van der Waals surface area contributed by atoms with E-state index in [1.54, 1.807) is 24.3 Å². The summed E-state index contributed by atoms with van der Waals surface area (Å²) in [7, 11) is 1.64. The highest BCUT2D eigenvalue weighted by Gasteiger charge is 2.29. The third-order valence-electron chi connectivity index (χ3n) is 6.07. The number of aromatic nitrogens is 2. The van der Waals surface area contributed by atoms with Crippen LogP contribution < -0.4 is 5.32 Å². The van der Waals surface area contributed by atoms with Gasteiger partial charge in [0.15, 0.2) is 0 Å². The van der Waals surface area contributed by atoms with Crippen LogP contribution >= 0.6 is 11.6 Å². The first-order valence-electron chi connectivity index (χ1n) is 11.5. The van der Waals surface area contributed by atoms with Crippen molar-refractivity contribution in [1.29, 1.82) is 0 Å². The molecule has 0 saturated carbocycles. The number of pyridine rings is 1. The highest BCUT2D eigenvalue weighted by Crippen LogP contribution is 2.32. The van der Waals surface area contributed by atoms with Crippen molar-refractivity contribution in [3.63, 3.8) is 0 Å². The standard InChI is InChI=1S/C26H30ClFN4O2/c1-5-17-6-7-20(28)8-18(17)12-32-15-21(34-4)14-31-13-19(9-24(31)26(32)33)22-10-25(30-16(2)3)29-11-23(22)27/h6-11,13,16,21H,5,12,14-15H2,1-4H3,(H,29,30). The van der Waals surface area contributed by atoms with Crippen molar-refractivity contribution in [3.05, 3.63) is 70.4 Å². The molecule has 180 valence electrons. The topological polar surface area (TPSA) is 59.4 Å². The Hall–Kier alpha value is -2.90. The predicted octanol–water partition coefficient (Wildman–Crippen LogP) is 5.40. The first-order valence-corrected chi connectivity index (χ1v) is 11.9. The largest absolute Gasteiger partial charge is 0.378 e. The average molecular weight is 485 g/mol. The fourth-order valence-corrected chi connectivity index (χ4v) is 4.58. The predicted molar refractivity (Wildman–Crippen MR) is 133 cm³/mol. The Bertz CT molecular complexity index is 1190. The van der Waals surface area contributed by atoms with Crippen LogP contribution in [0.2, 0.25) is 5.02 Å². The summed E-state index contributed by atoms with van der Waals surface area (Å²) in [5.41, 5.74) is 4.02. The number of benzene rings is 1. The minimum absolute atomic E-state index is 0.122. The van der Waals surface area contributed by atoms with Gasteiger partial charge in [0.05, 0.1) is 17.7 Å². The molecule has 3 heterocycles. The Labute approximate surface area is 204 Å². The van der Waals surface area contributed by atoms with Crippen molar-refractivity contribution in [2.75, 3.05) is 19.0 Å². The van der Waals surface area contributed by atoms with E-state index in [2.05, 4.69) is 10.3 Å². The normalized spacial score (nSPS) is 16.0. The maximum absolute atomic E-state index is 14.0. The number of amides is 1. The number of carbonyl (C=O) groups excluding carboxylic acids is 1. The number of nitrogens with zero attached hydrogens (tertiary/aromatic N) is 3. The van der Waals surface area contributed by atoms with Gasteiger partial charge in [-0.05, 0) is 55.7 Å². The second-order valence-electron chi connectivity index (χ2n) is 8.92. The first kappa shape index (κ1) is 24.2. The van der Waals surface area contributed by atoms with Crippen LogP contribution in [0.1, 0.15) is 42.4 Å². The fourth-order valence-electron chi connectivity index (χ4n) is 4.37. The van der Waals surface area contributed by atoms with Crippen molar-refractivity contribution < 1.29 is 13.9 Å². The number of halogens is 2. The molecule has 34 heavy (non-hydrogen) atoms. The number of nitrogens with one attached hydrogen (secondary N) is 1. The summed E-state index contributed by atoms with van der Waals surface area (Å²) < 4.78 is 21.6. The third-order valence-corrected chi connectivity index (χ3v) is 6.38. The lowest BCUT2D eigenvalue weighted by atomic mass is 10.0. The van der Waals surface area contributed by atoms with Crippen molar-refractivity contribution in [1.82, 2.24) is 14.5 Å². The van der Waals surface area contributed by atoms with Gasteiger partial charge in [-0.15, -0.1) is 0 Å². The maximum atomic E-state index is 14.0. The number of rotatable bonds is 7. The van der Waals surface area contributed by atoms with Crippen LogP contribution in [0.4, 0.5) is 10.2 Å². The Morgan fingerprint density at radius 1 is 1.24 bits per heavy atom. The lowest BCUT2D eigenvalue weighted by Crippen LogP contribution is -2.36. The molecule has 1 unspecified atom stereocenters. The number of carbonyl (C=O) groups is 1. The zero-order valence-electron chi connectivity index (χ0n) is 19.9. The van der Waals surface area contributed by atoms with Gasteiger partial charge in [-0.25, -0.2) is 9.37 Å². The lowest BCUT2D eigenvalue weighted by Gasteiger charge is -2.25. The number of hydrogen-bond donors (Lipinski definition) is 1. The van der Waals surface area contributed by atoms with Crippen LogP contribution in [-0.4, -0.2) is 46.2 Å². The molecule has 4 rings (SSSR count). The van der Waals surface area contributed by atoms with Crippen molar-refractivity contribution in [2.24, 2.45) is 0 Å². The summed E-state index contributed by atoms with van der Waals surface area (Å²) in [4.78, 5) is 19.7. The van der Waals surface area contributed by atoms with Gasteiger partial charge in [-0.2, -0.15) is 0 Å². The van der Waals surface area contributed by atoms with Gasteiger partial charge < -0.3 is 19.5 Å². The third kappa shape index (κ3) is 5.10. The molecule has 0 aliphatic carbocycles. The van der Waals surface area contributed by atoms with E-state index in [0.29, 0.717) is 30.4 Å². The van der Waals surface area contributed by atoms with E-state index in [1.165, 1.54) is 12.1 Å². The summed E-state index contributed by atoms with van der Waals surface area (Å²) in [6, 6.07) is 8.75. The molecule has 0 fully saturated rings. The zero-order valence-corrected chi connectivity index (χ0v) is 20.7. The van der Waals surface area contributed by atoms with E-state index >= 15 is 0 Å². The van der Waals surface area contributed by atoms with Crippen LogP contribution in [-0.2, 0) is 24.2 Å². The molecule has 0 saturated heterocycles. The van der Waals surface area contributed by atoms with E-state index in [-0.39, 0.29) is 23.9 Å². The highest BCUT2D eigenvalue weighted by atomic mass is 35.5. The number of ether oxygens (including phenoxy) is 1. The number of anilines is 1. The molecule has 0 radical (unpaired) electrons. The van der Waals surface area contributed by atoms with Crippen LogP contribution in [0.3, 0.4) is 0 Å². The molecule has 2 aromatic heterocycles. The molecule has 8 heteroatoms. The van der Waals surface area contributed by atoms with Crippen LogP contribution in [0.5, 0.6) is 0 Å². The summed E-state index contributed by atoms with van der Waals surface area (Å²) in [5.74, 6) is 0.293. The number of methoxy groups -OCH3 is 1. The second kappa shape index (κ2) is 10.2. The zero-order chi connectivity index (χ0) is 24.4. The van der Waals surface area contributed by atoms with E-state index in [9.17, 15) is 9.18 Å². The first-order chi connectivity index (χ1) is 16.3. The second-order valence-corrected chi connectivity index (χ2v) is 9.33. The van der Waals surface area contributed by atoms with E-state index in [4.69, 9.17) is 16.3 Å². The molecule has 3 aromatic rings. The molecular weight excluding hydrogens is 455 g/mol. The Morgan fingerprint density at radius 3 is 2.74 bits per heavy atom. The van der Waals surface area contributed by atoms with Gasteiger partial charge >= 0.3 is 0 Å². The molecule has 6 nitrogen and oxygen atoms in total. The highest BCUT2D eigenvalue weighted by molar-refractivity contribution is 6.33. The van der Waals surface area contributed by atoms with Gasteiger partial charge in [-0.3, -0.25) is 4.79 Å². The maximum Gasteiger partial charge on any atom is 0.270 e. The van der Waals surface area contributed by atoms with E-state index < -0.39 is 0 Å². The Balaban J connectivity index is 1.70. The van der Waals surface area contributed by atoms with Crippen LogP contribution in [0, 0.1) is 5.82 Å². The summed E-state index contributed by atoms with van der Waals surface area (Å²) in [6.07, 6.45) is 4.12. The molecule has 1 N–H and O–H groups in total. The molecular formula is C26H30ClFN4O2. The summed E-state index contributed by atoms with van der Waals surface area (Å²) >= 11 is 6.48. The quantitative estimate of drug-likeness (QED) is 0.488. The molecule has 0 spiro atoms. The lowest BCUT2D eigenvalue weighted by molar-refractivity contribution is 0.0469. The molecule has 1 aliphatic rings. The molecule has 1 atom stereocenters. The number of fused-ring (bicyclic) bond motifs is 1. The number of aryl methyl sites for hydroxylation is 1. The van der Waals surface area contributed by atoms with Gasteiger partial charge in [-0.1, -0.05) is 24.6 Å². The van der Waals surface area contributed by atoms with Crippen LogP contribution in [0.15, 0.2) is 42.7 Å². The molecule has 1 aliphatic heterocycles. The molecule has 1 amide bonds. The van der Waals surface area contributed by atoms with E-state index in [1.807, 2.05) is 43.7 Å². The van der Waals surface area contributed by atoms with Gasteiger partial charge in [0, 0.05) is 49.8 Å². The molecule has 1 aromatic carbocycles. The van der Waals surface area contributed by atoms with Gasteiger partial charge in [0.25, 0.3) is 5.91 Å². The Kier molecular flexibility index (Phi) is 7.24. The minimum Gasteiger partial charge on any atom is -0.378 e. The smallest absolute Gasteiger partial charge is 0.270 e. The van der Waals surface area contributed by atoms with Crippen molar-refractivity contribution >= 4 is 23.3 Å². The SMILES string of the molecule is CCc1ccc(F)cc1CN1CC(OC)Cn2cc(-c3cc(NC(C)C)ncc3Cl)cc2C1=O. The van der Waals surface area contributed by atoms with Crippen LogP contribution in [0.25, 0.3) is 11.1 Å². The van der Waals surface area contributed by atoms with Gasteiger partial charge in [0.1, 0.15) is 17.3 Å². The summed E-state index contributed by atoms with van der Waals surface area (Å²) in [5, 5.41) is 3.80. The minimum atomic E-state index is -0.304. The molecule has 0 bridgehead atoms. The van der Waals surface area contributed by atoms with Gasteiger partial charge in [0.2, 0.25) is 0 Å². The monoisotopic (exact) mass is 484 g/mol. The summed E-state index contributed by atoms with van der Waals surface area (Å²) in [6.45, 7) is 7.37. The Morgan fingerprint density at radius 2 is 2.03 bits per heavy atom. The fraction of sp³-hybridized carbons (Fsp3) is 0.385. The van der Waals surface area contributed by atoms with E-state index in [0.717, 1.165) is 34.5 Å².